The standard InChI is InChI=1S/C38H43NO5/c1-42-37(40)14-8-9-26-39(28-32-21-23-35(24-22-32)38(41)43-2)27-25-34-12-6-7-13-36(34)44-29-33-19-17-31(18-20-33)16-15-30-10-4-3-5-11-30/h3-7,10-13,17-24H,8-9,14-16,25-29H2,1-2H3. The molecule has 0 aliphatic carbocycles. The normalized spacial score (nSPS) is 10.9. The Morgan fingerprint density at radius 3 is 1.95 bits per heavy atom. The van der Waals surface area contributed by atoms with Gasteiger partial charge in [0.05, 0.1) is 19.8 Å². The van der Waals surface area contributed by atoms with E-state index < -0.39 is 0 Å². The summed E-state index contributed by atoms with van der Waals surface area (Å²) in [6.07, 6.45) is 4.95. The van der Waals surface area contributed by atoms with Gasteiger partial charge in [-0.1, -0.05) is 84.9 Å². The zero-order valence-electron chi connectivity index (χ0n) is 25.9. The third kappa shape index (κ3) is 10.7. The molecule has 0 aliphatic rings. The number of carbonyl (C=O) groups is 2. The highest BCUT2D eigenvalue weighted by molar-refractivity contribution is 5.89. The molecule has 0 spiro atoms. The molecule has 0 radical (unpaired) electrons. The van der Waals surface area contributed by atoms with E-state index in [0.29, 0.717) is 18.6 Å². The first-order valence-electron chi connectivity index (χ1n) is 15.3. The lowest BCUT2D eigenvalue weighted by molar-refractivity contribution is -0.140. The maximum atomic E-state index is 11.8. The maximum absolute atomic E-state index is 11.8. The van der Waals surface area contributed by atoms with E-state index in [1.807, 2.05) is 24.3 Å². The van der Waals surface area contributed by atoms with Crippen LogP contribution in [0.5, 0.6) is 5.75 Å². The fourth-order valence-corrected chi connectivity index (χ4v) is 5.13. The molecule has 0 aliphatic heterocycles. The lowest BCUT2D eigenvalue weighted by Gasteiger charge is -2.23. The first-order chi connectivity index (χ1) is 21.5. The molecule has 0 unspecified atom stereocenters. The van der Waals surface area contributed by atoms with Gasteiger partial charge in [0.15, 0.2) is 0 Å². The number of carbonyl (C=O) groups excluding carboxylic acids is 2. The molecule has 6 nitrogen and oxygen atoms in total. The van der Waals surface area contributed by atoms with Crippen molar-refractivity contribution in [3.8, 4) is 5.75 Å². The predicted molar refractivity (Wildman–Crippen MR) is 174 cm³/mol. The number of benzene rings is 4. The highest BCUT2D eigenvalue weighted by atomic mass is 16.5. The molecule has 4 rings (SSSR count). The van der Waals surface area contributed by atoms with Gasteiger partial charge in [-0.3, -0.25) is 9.69 Å². The molecule has 0 N–H and O–H groups in total. The number of hydrogen-bond donors (Lipinski definition) is 0. The molecule has 0 amide bonds. The van der Waals surface area contributed by atoms with E-state index >= 15 is 0 Å². The molecule has 0 fully saturated rings. The van der Waals surface area contributed by atoms with Crippen molar-refractivity contribution in [3.05, 3.63) is 137 Å². The molecule has 230 valence electrons. The van der Waals surface area contributed by atoms with Gasteiger partial charge < -0.3 is 14.2 Å². The maximum Gasteiger partial charge on any atom is 0.337 e. The van der Waals surface area contributed by atoms with Gasteiger partial charge in [0.25, 0.3) is 0 Å². The van der Waals surface area contributed by atoms with Crippen molar-refractivity contribution in [3.63, 3.8) is 0 Å². The topological polar surface area (TPSA) is 65.1 Å². The van der Waals surface area contributed by atoms with Crippen LogP contribution in [0.3, 0.4) is 0 Å². The van der Waals surface area contributed by atoms with Crippen LogP contribution < -0.4 is 4.74 Å². The minimum absolute atomic E-state index is 0.178. The number of hydrogen-bond acceptors (Lipinski definition) is 6. The molecular weight excluding hydrogens is 550 g/mol. The Labute approximate surface area is 261 Å². The number of nitrogens with zero attached hydrogens (tertiary/aromatic N) is 1. The summed E-state index contributed by atoms with van der Waals surface area (Å²) in [6, 6.07) is 35.1. The van der Waals surface area contributed by atoms with Crippen molar-refractivity contribution >= 4 is 11.9 Å². The summed E-state index contributed by atoms with van der Waals surface area (Å²) in [5.41, 5.74) is 6.63. The third-order valence-corrected chi connectivity index (χ3v) is 7.75. The lowest BCUT2D eigenvalue weighted by Crippen LogP contribution is -2.27. The number of rotatable bonds is 17. The number of esters is 2. The van der Waals surface area contributed by atoms with Crippen molar-refractivity contribution in [2.24, 2.45) is 0 Å². The van der Waals surface area contributed by atoms with Gasteiger partial charge in [0.2, 0.25) is 0 Å². The summed E-state index contributed by atoms with van der Waals surface area (Å²) in [5, 5.41) is 0. The highest BCUT2D eigenvalue weighted by Gasteiger charge is 2.12. The second kappa shape index (κ2) is 17.6. The van der Waals surface area contributed by atoms with E-state index in [2.05, 4.69) is 71.6 Å². The van der Waals surface area contributed by atoms with Gasteiger partial charge in [-0.15, -0.1) is 0 Å². The van der Waals surface area contributed by atoms with Crippen LogP contribution in [0, 0.1) is 0 Å². The van der Waals surface area contributed by atoms with E-state index in [1.165, 1.54) is 25.3 Å². The number of unbranched alkanes of at least 4 members (excludes halogenated alkanes) is 1. The Bertz CT molecular complexity index is 1430. The monoisotopic (exact) mass is 593 g/mol. The van der Waals surface area contributed by atoms with Crippen LogP contribution in [0.15, 0.2) is 103 Å². The van der Waals surface area contributed by atoms with Gasteiger partial charge in [0, 0.05) is 19.5 Å². The Morgan fingerprint density at radius 1 is 0.614 bits per heavy atom. The zero-order chi connectivity index (χ0) is 31.0. The second-order valence-corrected chi connectivity index (χ2v) is 10.9. The SMILES string of the molecule is COC(=O)CCCCN(CCc1ccccc1OCc1ccc(CCc2ccccc2)cc1)Cc1ccc(C(=O)OC)cc1. The second-order valence-electron chi connectivity index (χ2n) is 10.9. The van der Waals surface area contributed by atoms with E-state index in [9.17, 15) is 9.59 Å². The predicted octanol–water partition coefficient (Wildman–Crippen LogP) is 7.23. The van der Waals surface area contributed by atoms with Crippen LogP contribution >= 0.6 is 0 Å². The van der Waals surface area contributed by atoms with Gasteiger partial charge in [-0.2, -0.15) is 0 Å². The summed E-state index contributed by atoms with van der Waals surface area (Å²) in [4.78, 5) is 25.8. The zero-order valence-corrected chi connectivity index (χ0v) is 25.9. The Kier molecular flexibility index (Phi) is 13.0. The minimum Gasteiger partial charge on any atom is -0.489 e. The van der Waals surface area contributed by atoms with Gasteiger partial charge in [0.1, 0.15) is 12.4 Å². The van der Waals surface area contributed by atoms with Gasteiger partial charge in [-0.05, 0) is 84.7 Å². The van der Waals surface area contributed by atoms with E-state index in [1.54, 1.807) is 12.1 Å². The quantitative estimate of drug-likeness (QED) is 0.0951. The molecule has 0 saturated carbocycles. The summed E-state index contributed by atoms with van der Waals surface area (Å²) in [7, 11) is 2.81. The summed E-state index contributed by atoms with van der Waals surface area (Å²) >= 11 is 0. The molecule has 44 heavy (non-hydrogen) atoms. The average Bonchev–Trinajstić information content (AvgIpc) is 3.08. The first kappa shape index (κ1) is 32.5. The van der Waals surface area contributed by atoms with E-state index in [4.69, 9.17) is 14.2 Å². The summed E-state index contributed by atoms with van der Waals surface area (Å²) in [6.45, 7) is 2.92. The molecule has 4 aromatic carbocycles. The van der Waals surface area contributed by atoms with Crippen LogP contribution in [0.4, 0.5) is 0 Å². The number of para-hydroxylation sites is 1. The molecule has 0 aromatic heterocycles. The highest BCUT2D eigenvalue weighted by Crippen LogP contribution is 2.21. The van der Waals surface area contributed by atoms with Crippen molar-refractivity contribution in [1.29, 1.82) is 0 Å². The molecule has 4 aromatic rings. The van der Waals surface area contributed by atoms with Crippen molar-refractivity contribution in [1.82, 2.24) is 4.90 Å². The Hall–Kier alpha value is -4.42. The summed E-state index contributed by atoms with van der Waals surface area (Å²) < 4.78 is 15.9. The average molecular weight is 594 g/mol. The fraction of sp³-hybridized carbons (Fsp3) is 0.316. The third-order valence-electron chi connectivity index (χ3n) is 7.75. The molecule has 0 bridgehead atoms. The Balaban J connectivity index is 1.33. The van der Waals surface area contributed by atoms with Crippen LogP contribution in [0.1, 0.15) is 57.4 Å². The largest absolute Gasteiger partial charge is 0.489 e. The molecule has 0 heterocycles. The number of aryl methyl sites for hydroxylation is 2. The molecule has 0 saturated heterocycles. The Morgan fingerprint density at radius 2 is 1.25 bits per heavy atom. The molecular formula is C38H43NO5. The van der Waals surface area contributed by atoms with E-state index in [-0.39, 0.29) is 11.9 Å². The molecule has 0 atom stereocenters. The van der Waals surface area contributed by atoms with Crippen molar-refractivity contribution in [2.45, 2.75) is 51.7 Å². The smallest absolute Gasteiger partial charge is 0.337 e. The summed E-state index contributed by atoms with van der Waals surface area (Å²) in [5.74, 6) is 0.378. The van der Waals surface area contributed by atoms with Crippen molar-refractivity contribution in [2.75, 3.05) is 27.3 Å². The first-order valence-corrected chi connectivity index (χ1v) is 15.3. The minimum atomic E-state index is -0.341. The van der Waals surface area contributed by atoms with Crippen LogP contribution in [-0.4, -0.2) is 44.1 Å². The number of methoxy groups -OCH3 is 2. The molecule has 6 heteroatoms. The van der Waals surface area contributed by atoms with Crippen LogP contribution in [0.2, 0.25) is 0 Å². The number of ether oxygens (including phenoxy) is 3. The fourth-order valence-electron chi connectivity index (χ4n) is 5.13. The van der Waals surface area contributed by atoms with Crippen molar-refractivity contribution < 1.29 is 23.8 Å². The lowest BCUT2D eigenvalue weighted by atomic mass is 10.0. The van der Waals surface area contributed by atoms with Crippen LogP contribution in [-0.2, 0) is 46.7 Å². The van der Waals surface area contributed by atoms with Crippen LogP contribution in [0.25, 0.3) is 0 Å². The van der Waals surface area contributed by atoms with E-state index in [0.717, 1.165) is 74.2 Å². The van der Waals surface area contributed by atoms with Gasteiger partial charge in [-0.25, -0.2) is 4.79 Å². The van der Waals surface area contributed by atoms with Gasteiger partial charge >= 0.3 is 11.9 Å².